The summed E-state index contributed by atoms with van der Waals surface area (Å²) in [5, 5.41) is 8.89. The molecule has 0 bridgehead atoms. The summed E-state index contributed by atoms with van der Waals surface area (Å²) in [6.07, 6.45) is 0. The molecule has 19 heavy (non-hydrogen) atoms. The highest BCUT2D eigenvalue weighted by Crippen LogP contribution is 2.28. The summed E-state index contributed by atoms with van der Waals surface area (Å²) in [4.78, 5) is 26.8. The van der Waals surface area contributed by atoms with E-state index >= 15 is 0 Å². The number of nitrogens with zero attached hydrogens (tertiary/aromatic N) is 2. The topological polar surface area (TPSA) is 60.9 Å². The molecule has 1 aromatic carbocycles. The number of benzene rings is 1. The quantitative estimate of drug-likeness (QED) is 0.876. The third-order valence-electron chi connectivity index (χ3n) is 3.63. The lowest BCUT2D eigenvalue weighted by Crippen LogP contribution is -2.62. The van der Waals surface area contributed by atoms with Crippen LogP contribution in [0.2, 0.25) is 0 Å². The molecule has 2 rings (SSSR count). The van der Waals surface area contributed by atoms with Gasteiger partial charge in [-0.25, -0.2) is 4.79 Å². The van der Waals surface area contributed by atoms with Crippen LogP contribution in [0.4, 0.5) is 5.69 Å². The predicted molar refractivity (Wildman–Crippen MR) is 72.5 cm³/mol. The highest BCUT2D eigenvalue weighted by atomic mass is 16.4. The number of carbonyl (C=O) groups is 2. The van der Waals surface area contributed by atoms with Gasteiger partial charge in [0.15, 0.2) is 0 Å². The summed E-state index contributed by atoms with van der Waals surface area (Å²) >= 11 is 0. The van der Waals surface area contributed by atoms with Crippen molar-refractivity contribution in [2.75, 3.05) is 25.0 Å². The van der Waals surface area contributed by atoms with Crippen LogP contribution in [0, 0.1) is 0 Å². The summed E-state index contributed by atoms with van der Waals surface area (Å²) in [5.74, 6) is -0.874. The molecule has 0 atom stereocenters. The van der Waals surface area contributed by atoms with Crippen LogP contribution in [0.1, 0.15) is 24.2 Å². The number of rotatable bonds is 2. The molecule has 1 aromatic rings. The first kappa shape index (κ1) is 13.4. The van der Waals surface area contributed by atoms with E-state index in [1.54, 1.807) is 36.2 Å². The Morgan fingerprint density at radius 3 is 2.32 bits per heavy atom. The van der Waals surface area contributed by atoms with E-state index in [9.17, 15) is 9.59 Å². The zero-order valence-electron chi connectivity index (χ0n) is 11.4. The number of carboxylic acids is 1. The fourth-order valence-electron chi connectivity index (χ4n) is 2.45. The molecule has 1 amide bonds. The molecule has 1 aliphatic heterocycles. The lowest BCUT2D eigenvalue weighted by Gasteiger charge is -2.46. The minimum Gasteiger partial charge on any atom is -0.478 e. The molecule has 1 fully saturated rings. The second-order valence-corrected chi connectivity index (χ2v) is 5.29. The van der Waals surface area contributed by atoms with Gasteiger partial charge in [0, 0.05) is 25.8 Å². The van der Waals surface area contributed by atoms with Crippen LogP contribution in [0.25, 0.3) is 0 Å². The molecule has 0 spiro atoms. The minimum absolute atomic E-state index is 0.0704. The molecular formula is C14H18N2O3. The Morgan fingerprint density at radius 2 is 1.79 bits per heavy atom. The Bertz CT molecular complexity index is 508. The standard InChI is InChI=1S/C14H18N2O3/c1-14(2)13(19)15(3)8-9-16(14)11-6-4-10(5-7-11)12(17)18/h4-7H,8-9H2,1-3H3,(H,17,18). The van der Waals surface area contributed by atoms with E-state index in [1.165, 1.54) is 0 Å². The van der Waals surface area contributed by atoms with Crippen LogP contribution in [-0.4, -0.2) is 47.6 Å². The molecule has 1 heterocycles. The SMILES string of the molecule is CN1CCN(c2ccc(C(=O)O)cc2)C(C)(C)C1=O. The lowest BCUT2D eigenvalue weighted by molar-refractivity contribution is -0.136. The molecule has 0 saturated carbocycles. The van der Waals surface area contributed by atoms with Crippen molar-refractivity contribution >= 4 is 17.6 Å². The van der Waals surface area contributed by atoms with E-state index in [1.807, 2.05) is 18.7 Å². The number of piperazine rings is 1. The van der Waals surface area contributed by atoms with Gasteiger partial charge in [0.25, 0.3) is 0 Å². The molecule has 0 unspecified atom stereocenters. The number of amides is 1. The van der Waals surface area contributed by atoms with Crippen molar-refractivity contribution in [1.29, 1.82) is 0 Å². The van der Waals surface area contributed by atoms with Gasteiger partial charge in [-0.2, -0.15) is 0 Å². The molecule has 1 aliphatic rings. The maximum Gasteiger partial charge on any atom is 0.335 e. The summed E-state index contributed by atoms with van der Waals surface area (Å²) < 4.78 is 0. The summed E-state index contributed by atoms with van der Waals surface area (Å²) in [6.45, 7) is 5.18. The first-order valence-electron chi connectivity index (χ1n) is 6.20. The lowest BCUT2D eigenvalue weighted by atomic mass is 9.96. The van der Waals surface area contributed by atoms with Gasteiger partial charge in [-0.15, -0.1) is 0 Å². The largest absolute Gasteiger partial charge is 0.478 e. The maximum atomic E-state index is 12.2. The molecule has 1 N–H and O–H groups in total. The first-order valence-corrected chi connectivity index (χ1v) is 6.20. The average molecular weight is 262 g/mol. The van der Waals surface area contributed by atoms with Gasteiger partial charge in [0.2, 0.25) is 5.91 Å². The van der Waals surface area contributed by atoms with Crippen LogP contribution < -0.4 is 4.90 Å². The van der Waals surface area contributed by atoms with Crippen LogP contribution >= 0.6 is 0 Å². The Morgan fingerprint density at radius 1 is 1.21 bits per heavy atom. The van der Waals surface area contributed by atoms with Crippen LogP contribution in [0.15, 0.2) is 24.3 Å². The first-order chi connectivity index (χ1) is 8.84. The second-order valence-electron chi connectivity index (χ2n) is 5.29. The average Bonchev–Trinajstić information content (AvgIpc) is 2.36. The predicted octanol–water partition coefficient (Wildman–Crippen LogP) is 1.44. The fourth-order valence-corrected chi connectivity index (χ4v) is 2.45. The number of hydrogen-bond acceptors (Lipinski definition) is 3. The monoisotopic (exact) mass is 262 g/mol. The van der Waals surface area contributed by atoms with Gasteiger partial charge in [-0.3, -0.25) is 4.79 Å². The summed E-state index contributed by atoms with van der Waals surface area (Å²) in [5.41, 5.74) is 0.510. The van der Waals surface area contributed by atoms with Crippen molar-refractivity contribution in [3.8, 4) is 0 Å². The maximum absolute atomic E-state index is 12.2. The van der Waals surface area contributed by atoms with Gasteiger partial charge in [-0.1, -0.05) is 0 Å². The van der Waals surface area contributed by atoms with Gasteiger partial charge >= 0.3 is 5.97 Å². The molecule has 1 saturated heterocycles. The van der Waals surface area contributed by atoms with Gasteiger partial charge in [0.1, 0.15) is 5.54 Å². The normalized spacial score (nSPS) is 18.6. The highest BCUT2D eigenvalue weighted by molar-refractivity contribution is 5.91. The van der Waals surface area contributed by atoms with Crippen molar-refractivity contribution in [2.24, 2.45) is 0 Å². The Labute approximate surface area is 112 Å². The third kappa shape index (κ3) is 2.28. The number of carboxylic acid groups (broad SMARTS) is 1. The number of aromatic carboxylic acids is 1. The van der Waals surface area contributed by atoms with Crippen LogP contribution in [0.5, 0.6) is 0 Å². The van der Waals surface area contributed by atoms with E-state index in [4.69, 9.17) is 5.11 Å². The van der Waals surface area contributed by atoms with E-state index in [0.29, 0.717) is 6.54 Å². The summed E-state index contributed by atoms with van der Waals surface area (Å²) in [7, 11) is 1.80. The van der Waals surface area contributed by atoms with Crippen molar-refractivity contribution in [2.45, 2.75) is 19.4 Å². The molecule has 5 nitrogen and oxygen atoms in total. The van der Waals surface area contributed by atoms with Gasteiger partial charge in [0.05, 0.1) is 5.56 Å². The van der Waals surface area contributed by atoms with Crippen LogP contribution in [-0.2, 0) is 4.79 Å². The van der Waals surface area contributed by atoms with E-state index < -0.39 is 11.5 Å². The van der Waals surface area contributed by atoms with Crippen LogP contribution in [0.3, 0.4) is 0 Å². The third-order valence-corrected chi connectivity index (χ3v) is 3.63. The molecular weight excluding hydrogens is 244 g/mol. The number of carbonyl (C=O) groups excluding carboxylic acids is 1. The second kappa shape index (κ2) is 4.57. The zero-order chi connectivity index (χ0) is 14.2. The molecule has 0 radical (unpaired) electrons. The Balaban J connectivity index is 2.31. The molecule has 102 valence electrons. The minimum atomic E-state index is -0.944. The van der Waals surface area contributed by atoms with E-state index in [2.05, 4.69) is 0 Å². The van der Waals surface area contributed by atoms with E-state index in [0.717, 1.165) is 12.2 Å². The number of likely N-dealkylation sites (N-methyl/N-ethyl adjacent to an activating group) is 1. The van der Waals surface area contributed by atoms with E-state index in [-0.39, 0.29) is 11.5 Å². The Kier molecular flexibility index (Phi) is 3.22. The van der Waals surface area contributed by atoms with Crippen molar-refractivity contribution in [3.05, 3.63) is 29.8 Å². The fraction of sp³-hybridized carbons (Fsp3) is 0.429. The summed E-state index contributed by atoms with van der Waals surface area (Å²) in [6, 6.07) is 6.64. The number of hydrogen-bond donors (Lipinski definition) is 1. The van der Waals surface area contributed by atoms with Crippen molar-refractivity contribution in [3.63, 3.8) is 0 Å². The van der Waals surface area contributed by atoms with Crippen molar-refractivity contribution < 1.29 is 14.7 Å². The van der Waals surface area contributed by atoms with Crippen molar-refractivity contribution in [1.82, 2.24) is 4.90 Å². The zero-order valence-corrected chi connectivity index (χ0v) is 11.4. The smallest absolute Gasteiger partial charge is 0.335 e. The van der Waals surface area contributed by atoms with Gasteiger partial charge in [-0.05, 0) is 38.1 Å². The number of anilines is 1. The molecule has 5 heteroatoms. The van der Waals surface area contributed by atoms with Gasteiger partial charge < -0.3 is 14.9 Å². The highest BCUT2D eigenvalue weighted by Gasteiger charge is 2.40. The molecule has 0 aromatic heterocycles. The Hall–Kier alpha value is -2.04. The molecule has 0 aliphatic carbocycles.